The van der Waals surface area contributed by atoms with Gasteiger partial charge in [0.2, 0.25) is 0 Å². The fraction of sp³-hybridized carbons (Fsp3) is 0.789. The lowest BCUT2D eigenvalue weighted by Gasteiger charge is -2.52. The van der Waals surface area contributed by atoms with Crippen LogP contribution in [0.5, 0.6) is 0 Å². The van der Waals surface area contributed by atoms with Crippen LogP contribution in [0.1, 0.15) is 71.1 Å². The van der Waals surface area contributed by atoms with E-state index in [4.69, 9.17) is 5.73 Å². The molecule has 0 bridgehead atoms. The topological polar surface area (TPSA) is 26.0 Å². The van der Waals surface area contributed by atoms with Crippen molar-refractivity contribution in [1.82, 2.24) is 0 Å². The highest BCUT2D eigenvalue weighted by atomic mass is 14.6. The molecule has 0 unspecified atom stereocenters. The molecule has 0 saturated heterocycles. The Bertz CT molecular complexity index is 486. The summed E-state index contributed by atoms with van der Waals surface area (Å²) in [6.07, 6.45) is 16.3. The molecule has 0 radical (unpaired) electrons. The molecule has 3 atom stereocenters. The van der Waals surface area contributed by atoms with Crippen LogP contribution in [-0.4, -0.2) is 6.54 Å². The lowest BCUT2D eigenvalue weighted by atomic mass is 9.52. The third-order valence-electron chi connectivity index (χ3n) is 7.29. The van der Waals surface area contributed by atoms with E-state index in [9.17, 15) is 0 Å². The summed E-state index contributed by atoms with van der Waals surface area (Å²) in [5.41, 5.74) is 12.7. The summed E-state index contributed by atoms with van der Waals surface area (Å²) in [6, 6.07) is 0. The van der Waals surface area contributed by atoms with Gasteiger partial charge in [-0.15, -0.1) is 0 Å². The number of rotatable bonds is 1. The maximum absolute atomic E-state index is 6.22. The summed E-state index contributed by atoms with van der Waals surface area (Å²) >= 11 is 0. The zero-order valence-corrected chi connectivity index (χ0v) is 13.0. The zero-order valence-electron chi connectivity index (χ0n) is 13.0. The highest BCUT2D eigenvalue weighted by molar-refractivity contribution is 5.38. The Morgan fingerprint density at radius 1 is 1.15 bits per heavy atom. The molecule has 2 N–H and O–H groups in total. The van der Waals surface area contributed by atoms with Gasteiger partial charge in [-0.25, -0.2) is 0 Å². The van der Waals surface area contributed by atoms with Gasteiger partial charge in [-0.05, 0) is 75.5 Å². The molecule has 20 heavy (non-hydrogen) atoms. The Hall–Kier alpha value is -0.560. The Morgan fingerprint density at radius 2 is 2.05 bits per heavy atom. The molecule has 0 aromatic heterocycles. The molecule has 2 fully saturated rings. The molecular formula is C19H29N. The fourth-order valence-electron chi connectivity index (χ4n) is 6.15. The molecule has 4 aliphatic rings. The zero-order chi connectivity index (χ0) is 13.8. The van der Waals surface area contributed by atoms with Crippen LogP contribution < -0.4 is 5.73 Å². The van der Waals surface area contributed by atoms with Gasteiger partial charge in [0.05, 0.1) is 0 Å². The summed E-state index contributed by atoms with van der Waals surface area (Å²) < 4.78 is 0. The van der Waals surface area contributed by atoms with E-state index in [-0.39, 0.29) is 0 Å². The third-order valence-corrected chi connectivity index (χ3v) is 7.29. The SMILES string of the molecule is C[C@]12CCCC=C1CCC1=C3CCC[C@@]3(CN)CC[C@@H]12. The predicted molar refractivity (Wildman–Crippen MR) is 84.4 cm³/mol. The van der Waals surface area contributed by atoms with Gasteiger partial charge in [0.1, 0.15) is 0 Å². The van der Waals surface area contributed by atoms with Gasteiger partial charge in [-0.1, -0.05) is 29.7 Å². The number of nitrogens with two attached hydrogens (primary N) is 1. The van der Waals surface area contributed by atoms with Crippen molar-refractivity contribution in [3.05, 3.63) is 22.8 Å². The normalized spacial score (nSPS) is 43.7. The fourth-order valence-corrected chi connectivity index (χ4v) is 6.15. The summed E-state index contributed by atoms with van der Waals surface area (Å²) in [7, 11) is 0. The van der Waals surface area contributed by atoms with Crippen molar-refractivity contribution in [1.29, 1.82) is 0 Å². The van der Waals surface area contributed by atoms with Crippen molar-refractivity contribution in [2.45, 2.75) is 71.1 Å². The second kappa shape index (κ2) is 4.47. The second-order valence-corrected chi connectivity index (χ2v) is 7.97. The van der Waals surface area contributed by atoms with Crippen LogP contribution in [0.4, 0.5) is 0 Å². The quantitative estimate of drug-likeness (QED) is 0.685. The van der Waals surface area contributed by atoms with Gasteiger partial charge in [0.15, 0.2) is 0 Å². The molecule has 0 amide bonds. The first kappa shape index (κ1) is 13.1. The first-order valence-electron chi connectivity index (χ1n) is 8.82. The maximum atomic E-state index is 6.22. The molecular weight excluding hydrogens is 242 g/mol. The van der Waals surface area contributed by atoms with Gasteiger partial charge >= 0.3 is 0 Å². The third kappa shape index (κ3) is 1.59. The molecule has 4 aliphatic carbocycles. The largest absolute Gasteiger partial charge is 0.330 e. The first-order valence-corrected chi connectivity index (χ1v) is 8.82. The molecule has 110 valence electrons. The highest BCUT2D eigenvalue weighted by Gasteiger charge is 2.50. The monoisotopic (exact) mass is 271 g/mol. The minimum atomic E-state index is 0.429. The Kier molecular flexibility index (Phi) is 2.93. The second-order valence-electron chi connectivity index (χ2n) is 7.97. The molecule has 0 heterocycles. The van der Waals surface area contributed by atoms with Crippen LogP contribution in [0, 0.1) is 16.7 Å². The Labute approximate surface area is 123 Å². The first-order chi connectivity index (χ1) is 9.70. The average molecular weight is 271 g/mol. The molecule has 4 rings (SSSR count). The van der Waals surface area contributed by atoms with Crippen LogP contribution in [0.15, 0.2) is 22.8 Å². The smallest absolute Gasteiger partial charge is 0.00376 e. The Balaban J connectivity index is 1.80. The van der Waals surface area contributed by atoms with Crippen LogP contribution in [0.25, 0.3) is 0 Å². The maximum Gasteiger partial charge on any atom is 0.00376 e. The van der Waals surface area contributed by atoms with Crippen LogP contribution in [0.3, 0.4) is 0 Å². The van der Waals surface area contributed by atoms with Crippen molar-refractivity contribution in [2.24, 2.45) is 22.5 Å². The number of fused-ring (bicyclic) bond motifs is 4. The van der Waals surface area contributed by atoms with E-state index in [1.54, 1.807) is 5.57 Å². The van der Waals surface area contributed by atoms with Gasteiger partial charge in [-0.2, -0.15) is 0 Å². The Morgan fingerprint density at radius 3 is 2.90 bits per heavy atom. The molecule has 1 heteroatoms. The van der Waals surface area contributed by atoms with Crippen LogP contribution >= 0.6 is 0 Å². The molecule has 1 nitrogen and oxygen atoms in total. The minimum absolute atomic E-state index is 0.429. The van der Waals surface area contributed by atoms with E-state index in [0.29, 0.717) is 10.8 Å². The van der Waals surface area contributed by atoms with E-state index in [1.807, 2.05) is 11.1 Å². The molecule has 0 aliphatic heterocycles. The molecule has 0 spiro atoms. The van der Waals surface area contributed by atoms with Crippen molar-refractivity contribution in [3.63, 3.8) is 0 Å². The average Bonchev–Trinajstić information content (AvgIpc) is 2.91. The van der Waals surface area contributed by atoms with Gasteiger partial charge in [-0.3, -0.25) is 0 Å². The van der Waals surface area contributed by atoms with Crippen molar-refractivity contribution in [2.75, 3.05) is 6.54 Å². The van der Waals surface area contributed by atoms with E-state index >= 15 is 0 Å². The van der Waals surface area contributed by atoms with E-state index in [0.717, 1.165) is 12.5 Å². The number of hydrogen-bond donors (Lipinski definition) is 1. The summed E-state index contributed by atoms with van der Waals surface area (Å²) in [6.45, 7) is 3.48. The minimum Gasteiger partial charge on any atom is -0.330 e. The standard InChI is InChI=1S/C19H29N/c1-18-10-3-2-5-14(18)7-8-15-16(18)9-12-19(13-20)11-4-6-17(15)19/h5,16H,2-4,6-13,20H2,1H3/t16-,18-,19-/m0/s1. The van der Waals surface area contributed by atoms with Crippen molar-refractivity contribution in [3.8, 4) is 0 Å². The molecule has 0 aromatic rings. The van der Waals surface area contributed by atoms with Crippen LogP contribution in [-0.2, 0) is 0 Å². The van der Waals surface area contributed by atoms with Crippen LogP contribution in [0.2, 0.25) is 0 Å². The summed E-state index contributed by atoms with van der Waals surface area (Å²) in [5, 5.41) is 0. The van der Waals surface area contributed by atoms with Gasteiger partial charge in [0, 0.05) is 12.0 Å². The molecule has 0 aromatic carbocycles. The van der Waals surface area contributed by atoms with Gasteiger partial charge in [0.25, 0.3) is 0 Å². The lowest BCUT2D eigenvalue weighted by molar-refractivity contribution is 0.151. The summed E-state index contributed by atoms with van der Waals surface area (Å²) in [5.74, 6) is 0.857. The van der Waals surface area contributed by atoms with E-state index < -0.39 is 0 Å². The summed E-state index contributed by atoms with van der Waals surface area (Å²) in [4.78, 5) is 0. The number of hydrogen-bond acceptors (Lipinski definition) is 1. The lowest BCUT2D eigenvalue weighted by Crippen LogP contribution is -2.43. The van der Waals surface area contributed by atoms with E-state index in [2.05, 4.69) is 13.0 Å². The molecule has 2 saturated carbocycles. The van der Waals surface area contributed by atoms with Crippen molar-refractivity contribution >= 4 is 0 Å². The van der Waals surface area contributed by atoms with Gasteiger partial charge < -0.3 is 5.73 Å². The highest BCUT2D eigenvalue weighted by Crippen LogP contribution is 2.62. The van der Waals surface area contributed by atoms with E-state index in [1.165, 1.54) is 64.2 Å². The number of allylic oxidation sites excluding steroid dienone is 3. The predicted octanol–water partition coefficient (Wildman–Crippen LogP) is 4.73. The van der Waals surface area contributed by atoms with Crippen molar-refractivity contribution < 1.29 is 0 Å².